The number of aliphatic hydroxyl groups is 1. The van der Waals surface area contributed by atoms with E-state index in [4.69, 9.17) is 9.84 Å². The van der Waals surface area contributed by atoms with Crippen molar-refractivity contribution in [3.63, 3.8) is 0 Å². The van der Waals surface area contributed by atoms with Gasteiger partial charge in [-0.25, -0.2) is 0 Å². The van der Waals surface area contributed by atoms with Crippen LogP contribution in [0.15, 0.2) is 0 Å². The molecule has 5 nitrogen and oxygen atoms in total. The predicted molar refractivity (Wildman–Crippen MR) is 61.2 cm³/mol. The van der Waals surface area contributed by atoms with E-state index in [1.807, 2.05) is 6.92 Å². The maximum Gasteiger partial charge on any atom is 0.221 e. The number of hydrogen-bond donors (Lipinski definition) is 3. The van der Waals surface area contributed by atoms with Gasteiger partial charge in [0, 0.05) is 31.7 Å². The maximum absolute atomic E-state index is 11.6. The van der Waals surface area contributed by atoms with E-state index < -0.39 is 0 Å². The molecule has 1 heterocycles. The Balaban J connectivity index is 2.13. The van der Waals surface area contributed by atoms with Gasteiger partial charge >= 0.3 is 0 Å². The van der Waals surface area contributed by atoms with Gasteiger partial charge in [0.2, 0.25) is 5.91 Å². The van der Waals surface area contributed by atoms with Crippen LogP contribution in [0.4, 0.5) is 0 Å². The van der Waals surface area contributed by atoms with E-state index in [0.29, 0.717) is 13.0 Å². The van der Waals surface area contributed by atoms with E-state index in [2.05, 4.69) is 10.6 Å². The first-order chi connectivity index (χ1) is 7.72. The normalized spacial score (nSPS) is 22.8. The fourth-order valence-corrected chi connectivity index (χ4v) is 1.78. The number of morpholine rings is 1. The molecule has 1 amide bonds. The first-order valence-electron chi connectivity index (χ1n) is 5.93. The Morgan fingerprint density at radius 1 is 1.69 bits per heavy atom. The van der Waals surface area contributed by atoms with Crippen molar-refractivity contribution < 1.29 is 14.6 Å². The third-order valence-corrected chi connectivity index (χ3v) is 2.63. The van der Waals surface area contributed by atoms with Crippen molar-refractivity contribution in [3.8, 4) is 0 Å². The molecular formula is C11H22N2O3. The number of ether oxygens (including phenoxy) is 1. The average Bonchev–Trinajstić information content (AvgIpc) is 2.27. The Hall–Kier alpha value is -0.650. The predicted octanol–water partition coefficient (Wildman–Crippen LogP) is -0.358. The van der Waals surface area contributed by atoms with E-state index in [1.165, 1.54) is 0 Å². The molecule has 94 valence electrons. The highest BCUT2D eigenvalue weighted by Crippen LogP contribution is 2.00. The number of rotatable bonds is 6. The summed E-state index contributed by atoms with van der Waals surface area (Å²) in [6.45, 7) is 4.29. The molecule has 1 fully saturated rings. The Labute approximate surface area is 96.6 Å². The van der Waals surface area contributed by atoms with Gasteiger partial charge in [-0.05, 0) is 19.8 Å². The van der Waals surface area contributed by atoms with Crippen LogP contribution in [-0.4, -0.2) is 49.5 Å². The summed E-state index contributed by atoms with van der Waals surface area (Å²) < 4.78 is 5.28. The molecule has 1 saturated heterocycles. The van der Waals surface area contributed by atoms with Gasteiger partial charge in [0.15, 0.2) is 0 Å². The van der Waals surface area contributed by atoms with Crippen LogP contribution in [0.1, 0.15) is 26.2 Å². The second-order valence-electron chi connectivity index (χ2n) is 4.26. The summed E-state index contributed by atoms with van der Waals surface area (Å²) in [5, 5.41) is 14.8. The Bertz CT molecular complexity index is 205. The van der Waals surface area contributed by atoms with Gasteiger partial charge in [-0.15, -0.1) is 0 Å². The molecule has 0 aromatic carbocycles. The fourth-order valence-electron chi connectivity index (χ4n) is 1.78. The van der Waals surface area contributed by atoms with E-state index in [9.17, 15) is 4.79 Å². The standard InChI is InChI=1S/C11H22N2O3/c1-9(3-2-5-14)13-11(15)7-10-8-16-6-4-12-10/h9-10,12,14H,2-8H2,1H3,(H,13,15). The third-order valence-electron chi connectivity index (χ3n) is 2.63. The van der Waals surface area contributed by atoms with Crippen molar-refractivity contribution >= 4 is 5.91 Å². The first-order valence-corrected chi connectivity index (χ1v) is 5.93. The summed E-state index contributed by atoms with van der Waals surface area (Å²) >= 11 is 0. The maximum atomic E-state index is 11.6. The van der Waals surface area contributed by atoms with Gasteiger partial charge in [-0.2, -0.15) is 0 Å². The molecule has 2 unspecified atom stereocenters. The Morgan fingerprint density at radius 3 is 3.12 bits per heavy atom. The Morgan fingerprint density at radius 2 is 2.50 bits per heavy atom. The first kappa shape index (κ1) is 13.4. The van der Waals surface area contributed by atoms with Gasteiger partial charge in [0.1, 0.15) is 0 Å². The largest absolute Gasteiger partial charge is 0.396 e. The van der Waals surface area contributed by atoms with Gasteiger partial charge in [-0.1, -0.05) is 0 Å². The van der Waals surface area contributed by atoms with Gasteiger partial charge in [0.25, 0.3) is 0 Å². The summed E-state index contributed by atoms with van der Waals surface area (Å²) in [6.07, 6.45) is 2.01. The molecule has 0 radical (unpaired) electrons. The number of carbonyl (C=O) groups is 1. The fraction of sp³-hybridized carbons (Fsp3) is 0.909. The smallest absolute Gasteiger partial charge is 0.221 e. The van der Waals surface area contributed by atoms with Crippen LogP contribution in [0.2, 0.25) is 0 Å². The minimum Gasteiger partial charge on any atom is -0.396 e. The molecule has 0 aromatic heterocycles. The monoisotopic (exact) mass is 230 g/mol. The second-order valence-corrected chi connectivity index (χ2v) is 4.26. The number of aliphatic hydroxyl groups excluding tert-OH is 1. The molecule has 5 heteroatoms. The van der Waals surface area contributed by atoms with Crippen molar-refractivity contribution in [1.29, 1.82) is 0 Å². The molecule has 1 aliphatic rings. The van der Waals surface area contributed by atoms with Crippen molar-refractivity contribution in [2.75, 3.05) is 26.4 Å². The van der Waals surface area contributed by atoms with E-state index in [-0.39, 0.29) is 24.6 Å². The summed E-state index contributed by atoms with van der Waals surface area (Å²) in [4.78, 5) is 11.6. The van der Waals surface area contributed by atoms with Crippen LogP contribution in [0.5, 0.6) is 0 Å². The van der Waals surface area contributed by atoms with Gasteiger partial charge < -0.3 is 20.5 Å². The number of hydrogen-bond acceptors (Lipinski definition) is 4. The van der Waals surface area contributed by atoms with Crippen molar-refractivity contribution in [3.05, 3.63) is 0 Å². The van der Waals surface area contributed by atoms with Crippen LogP contribution >= 0.6 is 0 Å². The molecule has 0 saturated carbocycles. The summed E-state index contributed by atoms with van der Waals surface area (Å²) in [5.41, 5.74) is 0. The molecule has 2 atom stereocenters. The molecule has 3 N–H and O–H groups in total. The van der Waals surface area contributed by atoms with Crippen LogP contribution < -0.4 is 10.6 Å². The lowest BCUT2D eigenvalue weighted by molar-refractivity contribution is -0.122. The molecule has 0 spiro atoms. The van der Waals surface area contributed by atoms with E-state index in [1.54, 1.807) is 0 Å². The third kappa shape index (κ3) is 5.44. The highest BCUT2D eigenvalue weighted by atomic mass is 16.5. The Kier molecular flexibility index (Phi) is 6.37. The SMILES string of the molecule is CC(CCCO)NC(=O)CC1COCCN1. The van der Waals surface area contributed by atoms with Crippen molar-refractivity contribution in [1.82, 2.24) is 10.6 Å². The molecule has 0 aromatic rings. The molecule has 0 aliphatic carbocycles. The molecule has 0 bridgehead atoms. The zero-order chi connectivity index (χ0) is 11.8. The summed E-state index contributed by atoms with van der Waals surface area (Å²) in [6, 6.07) is 0.267. The van der Waals surface area contributed by atoms with Crippen molar-refractivity contribution in [2.24, 2.45) is 0 Å². The second kappa shape index (κ2) is 7.60. The number of amides is 1. The molecule has 1 aliphatic heterocycles. The number of nitrogens with one attached hydrogen (secondary N) is 2. The minimum atomic E-state index is 0.0495. The summed E-state index contributed by atoms with van der Waals surface area (Å²) in [5.74, 6) is 0.0495. The lowest BCUT2D eigenvalue weighted by Crippen LogP contribution is -2.45. The lowest BCUT2D eigenvalue weighted by Gasteiger charge is -2.24. The van der Waals surface area contributed by atoms with E-state index in [0.717, 1.165) is 26.0 Å². The number of carbonyl (C=O) groups excluding carboxylic acids is 1. The zero-order valence-corrected chi connectivity index (χ0v) is 9.87. The van der Waals surface area contributed by atoms with Crippen molar-refractivity contribution in [2.45, 2.75) is 38.3 Å². The average molecular weight is 230 g/mol. The minimum absolute atomic E-state index is 0.0495. The summed E-state index contributed by atoms with van der Waals surface area (Å²) in [7, 11) is 0. The van der Waals surface area contributed by atoms with Crippen LogP contribution in [0, 0.1) is 0 Å². The molecule has 1 rings (SSSR count). The van der Waals surface area contributed by atoms with Crippen LogP contribution in [0.25, 0.3) is 0 Å². The van der Waals surface area contributed by atoms with Crippen LogP contribution in [-0.2, 0) is 9.53 Å². The van der Waals surface area contributed by atoms with Gasteiger partial charge in [0.05, 0.1) is 13.2 Å². The molecular weight excluding hydrogens is 208 g/mol. The van der Waals surface area contributed by atoms with E-state index >= 15 is 0 Å². The zero-order valence-electron chi connectivity index (χ0n) is 9.87. The topological polar surface area (TPSA) is 70.6 Å². The highest BCUT2D eigenvalue weighted by molar-refractivity contribution is 5.76. The van der Waals surface area contributed by atoms with Gasteiger partial charge in [-0.3, -0.25) is 4.79 Å². The molecule has 16 heavy (non-hydrogen) atoms. The van der Waals surface area contributed by atoms with Crippen LogP contribution in [0.3, 0.4) is 0 Å². The highest BCUT2D eigenvalue weighted by Gasteiger charge is 2.17. The lowest BCUT2D eigenvalue weighted by atomic mass is 10.1. The quantitative estimate of drug-likeness (QED) is 0.583.